The zero-order chi connectivity index (χ0) is 17.1. The van der Waals surface area contributed by atoms with E-state index in [9.17, 15) is 4.39 Å². The van der Waals surface area contributed by atoms with Crippen LogP contribution in [0.15, 0.2) is 46.7 Å². The van der Waals surface area contributed by atoms with Crippen LogP contribution < -0.4 is 0 Å². The average Bonchev–Trinajstić information content (AvgIpc) is 2.99. The molecule has 0 amide bonds. The Morgan fingerprint density at radius 1 is 1.17 bits per heavy atom. The van der Waals surface area contributed by atoms with Gasteiger partial charge in [-0.1, -0.05) is 35.4 Å². The van der Waals surface area contributed by atoms with Crippen LogP contribution in [-0.2, 0) is 12.2 Å². The Bertz CT molecular complexity index is 860. The molecule has 24 heavy (non-hydrogen) atoms. The molecule has 0 saturated heterocycles. The number of halogens is 2. The quantitative estimate of drug-likeness (QED) is 0.475. The van der Waals surface area contributed by atoms with Crippen LogP contribution in [0, 0.1) is 19.7 Å². The van der Waals surface area contributed by atoms with Crippen LogP contribution in [0.4, 0.5) is 4.39 Å². The molecule has 2 aromatic carbocycles. The summed E-state index contributed by atoms with van der Waals surface area (Å²) in [6.07, 6.45) is 0.637. The lowest BCUT2D eigenvalue weighted by atomic mass is 10.1. The maximum atomic E-state index is 13.1. The summed E-state index contributed by atoms with van der Waals surface area (Å²) in [5, 5.41) is 3.54. The molecule has 0 N–H and O–H groups in total. The first-order valence-electron chi connectivity index (χ1n) is 7.58. The van der Waals surface area contributed by atoms with E-state index in [-0.39, 0.29) is 5.82 Å². The Labute approximate surface area is 154 Å². The molecule has 0 spiro atoms. The monoisotopic (exact) mass is 377 g/mol. The van der Waals surface area contributed by atoms with E-state index in [0.29, 0.717) is 11.4 Å². The van der Waals surface area contributed by atoms with E-state index in [2.05, 4.69) is 42.4 Å². The smallest absolute Gasteiger partial charge is 0.124 e. The molecule has 0 aliphatic rings. The highest BCUT2D eigenvalue weighted by atomic mass is 35.5. The van der Waals surface area contributed by atoms with Crippen molar-refractivity contribution in [3.63, 3.8) is 0 Å². The van der Waals surface area contributed by atoms with Crippen molar-refractivity contribution >= 4 is 34.7 Å². The Hall–Kier alpha value is -1.36. The number of thioether (sulfide) groups is 1. The van der Waals surface area contributed by atoms with Crippen molar-refractivity contribution in [3.05, 3.63) is 80.0 Å². The number of hydrogen-bond donors (Lipinski definition) is 0. The Kier molecular flexibility index (Phi) is 5.59. The molecule has 1 nitrogen and oxygen atoms in total. The van der Waals surface area contributed by atoms with Gasteiger partial charge in [-0.3, -0.25) is 0 Å². The van der Waals surface area contributed by atoms with E-state index in [1.165, 1.54) is 28.2 Å². The molecule has 1 heterocycles. The zero-order valence-electron chi connectivity index (χ0n) is 13.5. The highest BCUT2D eigenvalue weighted by Gasteiger charge is 2.08. The Morgan fingerprint density at radius 3 is 2.79 bits per heavy atom. The van der Waals surface area contributed by atoms with Crippen LogP contribution in [0.25, 0.3) is 0 Å². The fourth-order valence-corrected chi connectivity index (χ4v) is 4.51. The molecule has 0 radical (unpaired) electrons. The maximum absolute atomic E-state index is 13.1. The topological polar surface area (TPSA) is 12.9 Å². The molecule has 5 heteroatoms. The van der Waals surface area contributed by atoms with Crippen LogP contribution >= 0.6 is 34.7 Å². The van der Waals surface area contributed by atoms with Crippen molar-refractivity contribution in [1.29, 1.82) is 0 Å². The molecule has 3 rings (SSSR count). The van der Waals surface area contributed by atoms with Gasteiger partial charge in [-0.25, -0.2) is 9.37 Å². The van der Waals surface area contributed by atoms with Gasteiger partial charge in [-0.05, 0) is 43.2 Å². The summed E-state index contributed by atoms with van der Waals surface area (Å²) in [4.78, 5) is 5.98. The van der Waals surface area contributed by atoms with Crippen molar-refractivity contribution in [2.24, 2.45) is 0 Å². The predicted octanol–water partition coefficient (Wildman–Crippen LogP) is 6.44. The summed E-state index contributed by atoms with van der Waals surface area (Å²) < 4.78 is 13.1. The number of aryl methyl sites for hydroxylation is 2. The summed E-state index contributed by atoms with van der Waals surface area (Å²) in [6, 6.07) is 11.0. The van der Waals surface area contributed by atoms with Gasteiger partial charge in [0.25, 0.3) is 0 Å². The van der Waals surface area contributed by atoms with E-state index >= 15 is 0 Å². The van der Waals surface area contributed by atoms with Gasteiger partial charge in [0, 0.05) is 27.5 Å². The minimum atomic E-state index is -0.312. The minimum absolute atomic E-state index is 0.312. The number of rotatable bonds is 5. The summed E-state index contributed by atoms with van der Waals surface area (Å²) >= 11 is 9.52. The van der Waals surface area contributed by atoms with Crippen LogP contribution in [0.5, 0.6) is 0 Å². The molecule has 124 valence electrons. The lowest BCUT2D eigenvalue weighted by Crippen LogP contribution is -1.91. The summed E-state index contributed by atoms with van der Waals surface area (Å²) in [7, 11) is 0. The molecule has 0 saturated carbocycles. The maximum Gasteiger partial charge on any atom is 0.124 e. The van der Waals surface area contributed by atoms with E-state index in [1.807, 2.05) is 11.8 Å². The molecule has 1 aromatic heterocycles. The van der Waals surface area contributed by atoms with Crippen molar-refractivity contribution < 1.29 is 4.39 Å². The van der Waals surface area contributed by atoms with Gasteiger partial charge in [0.1, 0.15) is 5.82 Å². The molecule has 0 atom stereocenters. The SMILES string of the molecule is Cc1ccc(C)c(SCc2csc(Cc3ccc(F)cc3Cl)n2)c1. The Morgan fingerprint density at radius 2 is 2.00 bits per heavy atom. The molecule has 0 bridgehead atoms. The number of thiazole rings is 1. The molecule has 0 fully saturated rings. The van der Waals surface area contributed by atoms with Gasteiger partial charge in [-0.2, -0.15) is 0 Å². The van der Waals surface area contributed by atoms with Crippen LogP contribution in [-0.4, -0.2) is 4.98 Å². The molecule has 3 aromatic rings. The van der Waals surface area contributed by atoms with E-state index < -0.39 is 0 Å². The highest BCUT2D eigenvalue weighted by Crippen LogP contribution is 2.28. The largest absolute Gasteiger partial charge is 0.245 e. The van der Waals surface area contributed by atoms with Crippen LogP contribution in [0.2, 0.25) is 5.02 Å². The number of aromatic nitrogens is 1. The second-order valence-corrected chi connectivity index (χ2v) is 8.07. The third-order valence-corrected chi connectivity index (χ3v) is 6.12. The molecule has 0 aliphatic carbocycles. The summed E-state index contributed by atoms with van der Waals surface area (Å²) in [5.41, 5.74) is 4.53. The van der Waals surface area contributed by atoms with E-state index in [0.717, 1.165) is 22.0 Å². The van der Waals surface area contributed by atoms with Gasteiger partial charge in [0.2, 0.25) is 0 Å². The lowest BCUT2D eigenvalue weighted by Gasteiger charge is -2.05. The van der Waals surface area contributed by atoms with Crippen molar-refractivity contribution in [1.82, 2.24) is 4.98 Å². The number of hydrogen-bond acceptors (Lipinski definition) is 3. The Balaban J connectivity index is 1.66. The van der Waals surface area contributed by atoms with Gasteiger partial charge >= 0.3 is 0 Å². The van der Waals surface area contributed by atoms with Crippen molar-refractivity contribution in [3.8, 4) is 0 Å². The van der Waals surface area contributed by atoms with Crippen molar-refractivity contribution in [2.45, 2.75) is 30.9 Å². The molecular weight excluding hydrogens is 361 g/mol. The zero-order valence-corrected chi connectivity index (χ0v) is 15.9. The second kappa shape index (κ2) is 7.68. The second-order valence-electron chi connectivity index (χ2n) is 5.70. The third-order valence-electron chi connectivity index (χ3n) is 3.68. The minimum Gasteiger partial charge on any atom is -0.245 e. The number of nitrogens with zero attached hydrogens (tertiary/aromatic N) is 1. The average molecular weight is 378 g/mol. The fraction of sp³-hybridized carbons (Fsp3) is 0.211. The highest BCUT2D eigenvalue weighted by molar-refractivity contribution is 7.98. The molecular formula is C19H17ClFNS2. The summed E-state index contributed by atoms with van der Waals surface area (Å²) in [5.74, 6) is 0.534. The van der Waals surface area contributed by atoms with Gasteiger partial charge in [0.15, 0.2) is 0 Å². The lowest BCUT2D eigenvalue weighted by molar-refractivity contribution is 0.627. The first-order chi connectivity index (χ1) is 11.5. The van der Waals surface area contributed by atoms with Gasteiger partial charge in [-0.15, -0.1) is 23.1 Å². The molecule has 0 unspecified atom stereocenters. The van der Waals surface area contributed by atoms with E-state index in [4.69, 9.17) is 11.6 Å². The standard InChI is InChI=1S/C19H17ClFNS2/c1-12-3-4-13(2)18(7-12)23-10-16-11-24-19(22-16)8-14-5-6-15(21)9-17(14)20/h3-7,9,11H,8,10H2,1-2H3. The van der Waals surface area contributed by atoms with Crippen molar-refractivity contribution in [2.75, 3.05) is 0 Å². The normalized spacial score (nSPS) is 11.0. The fourth-order valence-electron chi connectivity index (χ4n) is 2.34. The first kappa shape index (κ1) is 17.5. The van der Waals surface area contributed by atoms with Crippen LogP contribution in [0.3, 0.4) is 0 Å². The molecule has 0 aliphatic heterocycles. The van der Waals surface area contributed by atoms with Crippen LogP contribution in [0.1, 0.15) is 27.4 Å². The van der Waals surface area contributed by atoms with Gasteiger partial charge in [0.05, 0.1) is 10.7 Å². The first-order valence-corrected chi connectivity index (χ1v) is 9.83. The third kappa shape index (κ3) is 4.38. The predicted molar refractivity (Wildman–Crippen MR) is 102 cm³/mol. The number of benzene rings is 2. The van der Waals surface area contributed by atoms with E-state index in [1.54, 1.807) is 17.4 Å². The summed E-state index contributed by atoms with van der Waals surface area (Å²) in [6.45, 7) is 4.24. The van der Waals surface area contributed by atoms with Gasteiger partial charge < -0.3 is 0 Å².